The van der Waals surface area contributed by atoms with Crippen LogP contribution in [0, 0.1) is 5.92 Å². The SMILES string of the molecule is CCN(CCC(=O)O)C(=O)N(C)CCC(C)C. The van der Waals surface area contributed by atoms with E-state index in [1.807, 2.05) is 6.92 Å². The van der Waals surface area contributed by atoms with Gasteiger partial charge in [-0.05, 0) is 19.3 Å². The third-order valence-corrected chi connectivity index (χ3v) is 2.62. The van der Waals surface area contributed by atoms with Crippen molar-refractivity contribution in [2.75, 3.05) is 26.7 Å². The van der Waals surface area contributed by atoms with Gasteiger partial charge in [0.05, 0.1) is 6.42 Å². The van der Waals surface area contributed by atoms with Crippen molar-refractivity contribution in [2.45, 2.75) is 33.6 Å². The highest BCUT2D eigenvalue weighted by Crippen LogP contribution is 2.04. The van der Waals surface area contributed by atoms with Crippen molar-refractivity contribution in [3.63, 3.8) is 0 Å². The molecule has 0 spiro atoms. The average Bonchev–Trinajstić information content (AvgIpc) is 2.25. The molecule has 0 aliphatic heterocycles. The van der Waals surface area contributed by atoms with Crippen LogP contribution in [0.3, 0.4) is 0 Å². The van der Waals surface area contributed by atoms with Crippen molar-refractivity contribution in [1.82, 2.24) is 9.80 Å². The van der Waals surface area contributed by atoms with Crippen LogP contribution in [0.5, 0.6) is 0 Å². The minimum Gasteiger partial charge on any atom is -0.481 e. The molecule has 0 heterocycles. The zero-order valence-corrected chi connectivity index (χ0v) is 11.3. The molecule has 0 fully saturated rings. The Kier molecular flexibility index (Phi) is 7.34. The maximum absolute atomic E-state index is 12.0. The number of aliphatic carboxylic acids is 1. The van der Waals surface area contributed by atoms with Crippen LogP contribution in [0.1, 0.15) is 33.6 Å². The summed E-state index contributed by atoms with van der Waals surface area (Å²) in [5.74, 6) is -0.319. The molecule has 100 valence electrons. The normalized spacial score (nSPS) is 10.4. The molecule has 0 radical (unpaired) electrons. The molecule has 0 bridgehead atoms. The van der Waals surface area contributed by atoms with Crippen LogP contribution in [0.2, 0.25) is 0 Å². The number of amides is 2. The second kappa shape index (κ2) is 7.92. The highest BCUT2D eigenvalue weighted by atomic mass is 16.4. The molecule has 17 heavy (non-hydrogen) atoms. The minimum atomic E-state index is -0.874. The second-order valence-corrected chi connectivity index (χ2v) is 4.61. The first-order valence-electron chi connectivity index (χ1n) is 6.10. The largest absolute Gasteiger partial charge is 0.481 e. The first-order chi connectivity index (χ1) is 7.88. The van der Waals surface area contributed by atoms with Gasteiger partial charge in [0.15, 0.2) is 0 Å². The molecular formula is C12H24N2O3. The smallest absolute Gasteiger partial charge is 0.319 e. The number of hydrogen-bond donors (Lipinski definition) is 1. The van der Waals surface area contributed by atoms with Crippen molar-refractivity contribution in [3.05, 3.63) is 0 Å². The summed E-state index contributed by atoms with van der Waals surface area (Å²) in [5.41, 5.74) is 0. The van der Waals surface area contributed by atoms with Crippen molar-refractivity contribution in [3.8, 4) is 0 Å². The van der Waals surface area contributed by atoms with E-state index in [1.54, 1.807) is 16.8 Å². The summed E-state index contributed by atoms with van der Waals surface area (Å²) >= 11 is 0. The molecule has 0 unspecified atom stereocenters. The first-order valence-corrected chi connectivity index (χ1v) is 6.10. The standard InChI is InChI=1S/C12H24N2O3/c1-5-14(9-7-11(15)16)12(17)13(4)8-6-10(2)3/h10H,5-9H2,1-4H3,(H,15,16). The Balaban J connectivity index is 4.17. The van der Waals surface area contributed by atoms with Gasteiger partial charge in [0, 0.05) is 26.7 Å². The first kappa shape index (κ1) is 15.7. The number of carboxylic acid groups (broad SMARTS) is 1. The van der Waals surface area contributed by atoms with E-state index in [2.05, 4.69) is 13.8 Å². The quantitative estimate of drug-likeness (QED) is 0.744. The number of urea groups is 1. The fourth-order valence-corrected chi connectivity index (χ4v) is 1.41. The number of nitrogens with zero attached hydrogens (tertiary/aromatic N) is 2. The van der Waals surface area contributed by atoms with Gasteiger partial charge in [-0.3, -0.25) is 4.79 Å². The number of carboxylic acids is 1. The number of carbonyl (C=O) groups is 2. The van der Waals surface area contributed by atoms with E-state index < -0.39 is 5.97 Å². The third-order valence-electron chi connectivity index (χ3n) is 2.62. The molecule has 0 aromatic heterocycles. The van der Waals surface area contributed by atoms with Gasteiger partial charge in [0.1, 0.15) is 0 Å². The summed E-state index contributed by atoms with van der Waals surface area (Å²) in [6, 6.07) is -0.0885. The molecule has 0 atom stereocenters. The van der Waals surface area contributed by atoms with Crippen LogP contribution >= 0.6 is 0 Å². The lowest BCUT2D eigenvalue weighted by molar-refractivity contribution is -0.137. The minimum absolute atomic E-state index is 0.00238. The van der Waals surface area contributed by atoms with Crippen molar-refractivity contribution in [2.24, 2.45) is 5.92 Å². The molecule has 5 nitrogen and oxygen atoms in total. The van der Waals surface area contributed by atoms with Crippen molar-refractivity contribution in [1.29, 1.82) is 0 Å². The highest BCUT2D eigenvalue weighted by molar-refractivity contribution is 5.75. The summed E-state index contributed by atoms with van der Waals surface area (Å²) in [4.78, 5) is 25.7. The summed E-state index contributed by atoms with van der Waals surface area (Å²) in [6.45, 7) is 7.60. The summed E-state index contributed by atoms with van der Waals surface area (Å²) in [5, 5.41) is 8.60. The number of rotatable bonds is 7. The Labute approximate surface area is 103 Å². The Hall–Kier alpha value is -1.26. The predicted molar refractivity (Wildman–Crippen MR) is 67.0 cm³/mol. The Morgan fingerprint density at radius 2 is 1.82 bits per heavy atom. The Bertz CT molecular complexity index is 254. The van der Waals surface area contributed by atoms with Crippen molar-refractivity contribution < 1.29 is 14.7 Å². The van der Waals surface area contributed by atoms with Crippen LogP contribution in [0.4, 0.5) is 4.79 Å². The third kappa shape index (κ3) is 6.81. The molecule has 0 rings (SSSR count). The fraction of sp³-hybridized carbons (Fsp3) is 0.833. The van der Waals surface area contributed by atoms with Crippen LogP contribution in [-0.4, -0.2) is 53.6 Å². The molecule has 1 N–H and O–H groups in total. The second-order valence-electron chi connectivity index (χ2n) is 4.61. The van der Waals surface area contributed by atoms with Gasteiger partial charge >= 0.3 is 12.0 Å². The molecule has 0 aliphatic rings. The highest BCUT2D eigenvalue weighted by Gasteiger charge is 2.17. The van der Waals surface area contributed by atoms with Gasteiger partial charge in [-0.25, -0.2) is 4.79 Å². The summed E-state index contributed by atoms with van der Waals surface area (Å²) in [7, 11) is 1.76. The zero-order valence-electron chi connectivity index (χ0n) is 11.3. The van der Waals surface area contributed by atoms with Gasteiger partial charge in [0.25, 0.3) is 0 Å². The van der Waals surface area contributed by atoms with Gasteiger partial charge in [-0.15, -0.1) is 0 Å². The lowest BCUT2D eigenvalue weighted by atomic mass is 10.1. The van der Waals surface area contributed by atoms with E-state index >= 15 is 0 Å². The van der Waals surface area contributed by atoms with E-state index in [9.17, 15) is 9.59 Å². The van der Waals surface area contributed by atoms with Gasteiger partial charge in [0.2, 0.25) is 0 Å². The Morgan fingerprint density at radius 1 is 1.24 bits per heavy atom. The average molecular weight is 244 g/mol. The van der Waals surface area contributed by atoms with Gasteiger partial charge in [-0.1, -0.05) is 13.8 Å². The lowest BCUT2D eigenvalue weighted by Crippen LogP contribution is -2.42. The van der Waals surface area contributed by atoms with E-state index in [1.165, 1.54) is 0 Å². The van der Waals surface area contributed by atoms with Crippen LogP contribution in [0.25, 0.3) is 0 Å². The Morgan fingerprint density at radius 3 is 2.24 bits per heavy atom. The molecule has 0 saturated heterocycles. The molecular weight excluding hydrogens is 220 g/mol. The topological polar surface area (TPSA) is 60.9 Å². The maximum Gasteiger partial charge on any atom is 0.319 e. The van der Waals surface area contributed by atoms with E-state index in [-0.39, 0.29) is 19.0 Å². The van der Waals surface area contributed by atoms with Crippen LogP contribution in [0.15, 0.2) is 0 Å². The number of hydrogen-bond acceptors (Lipinski definition) is 2. The molecule has 0 aromatic rings. The number of carbonyl (C=O) groups excluding carboxylic acids is 1. The summed E-state index contributed by atoms with van der Waals surface area (Å²) in [6.07, 6.45) is 0.955. The lowest BCUT2D eigenvalue weighted by Gasteiger charge is -2.27. The maximum atomic E-state index is 12.0. The van der Waals surface area contributed by atoms with Crippen LogP contribution < -0.4 is 0 Å². The van der Waals surface area contributed by atoms with Gasteiger partial charge < -0.3 is 14.9 Å². The molecule has 2 amide bonds. The van der Waals surface area contributed by atoms with Gasteiger partial charge in [-0.2, -0.15) is 0 Å². The molecule has 0 aliphatic carbocycles. The summed E-state index contributed by atoms with van der Waals surface area (Å²) < 4.78 is 0. The molecule has 0 aromatic carbocycles. The van der Waals surface area contributed by atoms with Crippen molar-refractivity contribution >= 4 is 12.0 Å². The van der Waals surface area contributed by atoms with E-state index in [0.29, 0.717) is 19.0 Å². The van der Waals surface area contributed by atoms with E-state index in [0.717, 1.165) is 6.42 Å². The fourth-order valence-electron chi connectivity index (χ4n) is 1.41. The zero-order chi connectivity index (χ0) is 13.4. The predicted octanol–water partition coefficient (Wildman–Crippen LogP) is 1.88. The monoisotopic (exact) mass is 244 g/mol. The van der Waals surface area contributed by atoms with Crippen LogP contribution in [-0.2, 0) is 4.79 Å². The van der Waals surface area contributed by atoms with E-state index in [4.69, 9.17) is 5.11 Å². The molecule has 5 heteroatoms. The molecule has 0 saturated carbocycles.